The minimum Gasteiger partial charge on any atom is -0.437 e. The lowest BCUT2D eigenvalue weighted by molar-refractivity contribution is 0.652. The van der Waals surface area contributed by atoms with E-state index in [2.05, 4.69) is 25.9 Å². The predicted octanol–water partition coefficient (Wildman–Crippen LogP) is 4.45. The van der Waals surface area contributed by atoms with E-state index < -0.39 is 0 Å². The van der Waals surface area contributed by atoms with Crippen LogP contribution in [0.2, 0.25) is 10.4 Å². The highest BCUT2D eigenvalue weighted by molar-refractivity contribution is 9.10. The van der Waals surface area contributed by atoms with Gasteiger partial charge in [0.15, 0.2) is 0 Å². The largest absolute Gasteiger partial charge is 0.437 e. The molecule has 0 fully saturated rings. The van der Waals surface area contributed by atoms with Crippen molar-refractivity contribution >= 4 is 61.2 Å². The number of hydrogen-bond donors (Lipinski definition) is 0. The Hall–Kier alpha value is -0.840. The quantitative estimate of drug-likeness (QED) is 0.454. The number of benzene rings is 1. The summed E-state index contributed by atoms with van der Waals surface area (Å²) >= 11 is 15.1. The van der Waals surface area contributed by atoms with E-state index in [1.54, 1.807) is 0 Å². The summed E-state index contributed by atoms with van der Waals surface area (Å²) in [4.78, 5) is 7.89. The molecule has 6 heteroatoms. The van der Waals surface area contributed by atoms with Crippen LogP contribution in [0.4, 0.5) is 0 Å². The van der Waals surface area contributed by atoms with Crippen LogP contribution in [0.1, 0.15) is 0 Å². The van der Waals surface area contributed by atoms with E-state index >= 15 is 0 Å². The van der Waals surface area contributed by atoms with E-state index in [0.717, 1.165) is 9.86 Å². The van der Waals surface area contributed by atoms with Crippen LogP contribution >= 0.6 is 39.1 Å². The van der Waals surface area contributed by atoms with Gasteiger partial charge in [-0.15, -0.1) is 0 Å². The van der Waals surface area contributed by atoms with Gasteiger partial charge in [0, 0.05) is 9.86 Å². The zero-order valence-electron chi connectivity index (χ0n) is 7.67. The summed E-state index contributed by atoms with van der Waals surface area (Å²) in [5, 5.41) is 1.94. The molecule has 3 aromatic rings. The van der Waals surface area contributed by atoms with E-state index in [1.165, 1.54) is 0 Å². The number of fused-ring (bicyclic) bond motifs is 3. The van der Waals surface area contributed by atoms with Crippen molar-refractivity contribution in [3.8, 4) is 0 Å². The fraction of sp³-hybridized carbons (Fsp3) is 0. The molecule has 0 spiro atoms. The third-order valence-electron chi connectivity index (χ3n) is 2.22. The maximum Gasteiger partial charge on any atom is 0.233 e. The number of furan rings is 1. The molecule has 0 radical (unpaired) electrons. The lowest BCUT2D eigenvalue weighted by Crippen LogP contribution is -1.82. The molecule has 0 N–H and O–H groups in total. The van der Waals surface area contributed by atoms with Crippen molar-refractivity contribution in [1.82, 2.24) is 9.97 Å². The van der Waals surface area contributed by atoms with Gasteiger partial charge in [0.05, 0.1) is 5.39 Å². The highest BCUT2D eigenvalue weighted by Gasteiger charge is 2.13. The molecule has 0 aliphatic rings. The summed E-state index contributed by atoms with van der Waals surface area (Å²) < 4.78 is 6.47. The number of rotatable bonds is 0. The van der Waals surface area contributed by atoms with Crippen molar-refractivity contribution in [1.29, 1.82) is 0 Å². The number of halogens is 3. The maximum absolute atomic E-state index is 6.02. The molecule has 0 bridgehead atoms. The van der Waals surface area contributed by atoms with Gasteiger partial charge in [0.2, 0.25) is 11.0 Å². The van der Waals surface area contributed by atoms with E-state index in [1.807, 2.05) is 18.2 Å². The van der Waals surface area contributed by atoms with E-state index in [0.29, 0.717) is 21.8 Å². The Morgan fingerprint density at radius 3 is 2.81 bits per heavy atom. The topological polar surface area (TPSA) is 38.9 Å². The second-order valence-corrected chi connectivity index (χ2v) is 4.82. The van der Waals surface area contributed by atoms with Gasteiger partial charge < -0.3 is 4.42 Å². The number of nitrogens with zero attached hydrogens (tertiary/aromatic N) is 2. The molecule has 3 nitrogen and oxygen atoms in total. The SMILES string of the molecule is Clc1nc(Cl)c2c(n1)oc1cc(Br)ccc12. The first-order valence-corrected chi connectivity index (χ1v) is 5.91. The summed E-state index contributed by atoms with van der Waals surface area (Å²) in [6.45, 7) is 0. The van der Waals surface area contributed by atoms with E-state index in [9.17, 15) is 0 Å². The summed E-state index contributed by atoms with van der Waals surface area (Å²) in [6.07, 6.45) is 0. The van der Waals surface area contributed by atoms with Gasteiger partial charge >= 0.3 is 0 Å². The smallest absolute Gasteiger partial charge is 0.233 e. The fourth-order valence-corrected chi connectivity index (χ4v) is 2.39. The molecule has 16 heavy (non-hydrogen) atoms. The summed E-state index contributed by atoms with van der Waals surface area (Å²) in [5.41, 5.74) is 1.10. The molecule has 2 aromatic heterocycles. The molecule has 0 aliphatic carbocycles. The van der Waals surface area contributed by atoms with Gasteiger partial charge in [-0.3, -0.25) is 0 Å². The molecular weight excluding hydrogens is 315 g/mol. The zero-order chi connectivity index (χ0) is 11.3. The van der Waals surface area contributed by atoms with Gasteiger partial charge in [-0.2, -0.15) is 4.98 Å². The first-order chi connectivity index (χ1) is 7.65. The molecule has 1 aromatic carbocycles. The summed E-state index contributed by atoms with van der Waals surface area (Å²) in [7, 11) is 0. The Morgan fingerprint density at radius 2 is 2.00 bits per heavy atom. The lowest BCUT2D eigenvalue weighted by Gasteiger charge is -1.93. The molecule has 0 unspecified atom stereocenters. The molecule has 0 amide bonds. The second kappa shape index (κ2) is 3.58. The van der Waals surface area contributed by atoms with E-state index in [-0.39, 0.29) is 5.28 Å². The van der Waals surface area contributed by atoms with Crippen LogP contribution in [0.15, 0.2) is 27.1 Å². The fourth-order valence-electron chi connectivity index (χ4n) is 1.58. The van der Waals surface area contributed by atoms with Crippen molar-refractivity contribution in [2.45, 2.75) is 0 Å². The Morgan fingerprint density at radius 1 is 1.19 bits per heavy atom. The van der Waals surface area contributed by atoms with Crippen LogP contribution in [0.3, 0.4) is 0 Å². The summed E-state index contributed by atoms with van der Waals surface area (Å²) in [6, 6.07) is 5.65. The van der Waals surface area contributed by atoms with Crippen molar-refractivity contribution < 1.29 is 4.42 Å². The molecule has 3 rings (SSSR count). The first kappa shape index (κ1) is 10.3. The minimum absolute atomic E-state index is 0.0793. The van der Waals surface area contributed by atoms with Crippen LogP contribution in [0.25, 0.3) is 22.1 Å². The van der Waals surface area contributed by atoms with Crippen molar-refractivity contribution in [2.75, 3.05) is 0 Å². The molecular formula is C10H3BrCl2N2O. The summed E-state index contributed by atoms with van der Waals surface area (Å²) in [5.74, 6) is 0. The highest BCUT2D eigenvalue weighted by Crippen LogP contribution is 2.33. The normalized spacial score (nSPS) is 11.4. The van der Waals surface area contributed by atoms with Crippen LogP contribution < -0.4 is 0 Å². The number of hydrogen-bond acceptors (Lipinski definition) is 3. The van der Waals surface area contributed by atoms with Gasteiger partial charge in [-0.1, -0.05) is 27.5 Å². The van der Waals surface area contributed by atoms with Crippen LogP contribution in [-0.2, 0) is 0 Å². The van der Waals surface area contributed by atoms with E-state index in [4.69, 9.17) is 27.6 Å². The third-order valence-corrected chi connectivity index (χ3v) is 3.16. The standard InChI is InChI=1S/C10H3BrCl2N2O/c11-4-1-2-5-6(3-4)16-9-7(5)8(12)14-10(13)15-9/h1-3H. The van der Waals surface area contributed by atoms with Crippen molar-refractivity contribution in [3.63, 3.8) is 0 Å². The Bertz CT molecular complexity index is 711. The zero-order valence-corrected chi connectivity index (χ0v) is 10.8. The Balaban J connectivity index is 2.56. The Kier molecular flexibility index (Phi) is 2.31. The molecule has 0 atom stereocenters. The average Bonchev–Trinajstić information content (AvgIpc) is 2.54. The molecule has 80 valence electrons. The van der Waals surface area contributed by atoms with Crippen LogP contribution in [-0.4, -0.2) is 9.97 Å². The van der Waals surface area contributed by atoms with Gasteiger partial charge in [0.1, 0.15) is 10.7 Å². The average molecular weight is 318 g/mol. The molecule has 0 saturated heterocycles. The van der Waals surface area contributed by atoms with Crippen LogP contribution in [0.5, 0.6) is 0 Å². The van der Waals surface area contributed by atoms with Gasteiger partial charge in [-0.05, 0) is 29.8 Å². The van der Waals surface area contributed by atoms with Gasteiger partial charge in [-0.25, -0.2) is 4.98 Å². The van der Waals surface area contributed by atoms with Crippen molar-refractivity contribution in [2.24, 2.45) is 0 Å². The predicted molar refractivity (Wildman–Crippen MR) is 67.0 cm³/mol. The third kappa shape index (κ3) is 1.49. The maximum atomic E-state index is 6.02. The minimum atomic E-state index is 0.0793. The highest BCUT2D eigenvalue weighted by atomic mass is 79.9. The second-order valence-electron chi connectivity index (χ2n) is 3.21. The monoisotopic (exact) mass is 316 g/mol. The first-order valence-electron chi connectivity index (χ1n) is 4.36. The van der Waals surface area contributed by atoms with Gasteiger partial charge in [0.25, 0.3) is 0 Å². The molecule has 0 aliphatic heterocycles. The van der Waals surface area contributed by atoms with Crippen molar-refractivity contribution in [3.05, 3.63) is 33.1 Å². The number of aromatic nitrogens is 2. The van der Waals surface area contributed by atoms with Crippen LogP contribution in [0, 0.1) is 0 Å². The lowest BCUT2D eigenvalue weighted by atomic mass is 10.2. The molecule has 0 saturated carbocycles. The molecule has 2 heterocycles. The Labute approximate surface area is 109 Å².